The van der Waals surface area contributed by atoms with Gasteiger partial charge in [-0.05, 0) is 31.9 Å². The molecule has 0 heterocycles. The Morgan fingerprint density at radius 1 is 0.700 bits per heavy atom. The van der Waals surface area contributed by atoms with Gasteiger partial charge < -0.3 is 5.32 Å². The van der Waals surface area contributed by atoms with E-state index in [1.54, 1.807) is 30.5 Å². The summed E-state index contributed by atoms with van der Waals surface area (Å²) in [5.74, 6) is -0.127. The maximum absolute atomic E-state index is 12.0. The molecule has 0 fully saturated rings. The summed E-state index contributed by atoms with van der Waals surface area (Å²) in [5.41, 5.74) is 1.20. The molecule has 1 aromatic rings. The quantitative estimate of drug-likeness (QED) is 0.196. The number of unbranched alkanes of at least 4 members (excludes halogenated alkanes) is 14. The molecule has 0 bridgehead atoms. The lowest BCUT2D eigenvalue weighted by Gasteiger charge is -2.03. The number of rotatable bonds is 18. The van der Waals surface area contributed by atoms with Crippen LogP contribution in [0.15, 0.2) is 36.5 Å². The standard InChI is InChI=1S/C27H43NO2/c1-3-4-5-6-7-8-9-10-11-12-13-14-15-16-17-18-23-28-27(30)26-21-19-25(20-22-26)24(2)29/h18-23H,3-17H2,1-2H3,(H,28,30). The van der Waals surface area contributed by atoms with Crippen molar-refractivity contribution in [3.8, 4) is 0 Å². The Hall–Kier alpha value is -1.90. The Balaban J connectivity index is 1.91. The molecule has 0 unspecified atom stereocenters. The summed E-state index contributed by atoms with van der Waals surface area (Å²) in [6, 6.07) is 6.76. The zero-order chi connectivity index (χ0) is 21.9. The van der Waals surface area contributed by atoms with E-state index in [0.717, 1.165) is 6.42 Å². The van der Waals surface area contributed by atoms with Gasteiger partial charge in [0.25, 0.3) is 5.91 Å². The molecule has 1 amide bonds. The molecule has 3 heteroatoms. The van der Waals surface area contributed by atoms with Crippen molar-refractivity contribution < 1.29 is 9.59 Å². The van der Waals surface area contributed by atoms with Gasteiger partial charge in [0, 0.05) is 17.3 Å². The van der Waals surface area contributed by atoms with E-state index >= 15 is 0 Å². The highest BCUT2D eigenvalue weighted by Gasteiger charge is 2.04. The van der Waals surface area contributed by atoms with Gasteiger partial charge in [-0.25, -0.2) is 0 Å². The molecule has 3 nitrogen and oxygen atoms in total. The number of carbonyl (C=O) groups excluding carboxylic acids is 2. The summed E-state index contributed by atoms with van der Waals surface area (Å²) < 4.78 is 0. The number of hydrogen-bond donors (Lipinski definition) is 1. The van der Waals surface area contributed by atoms with Crippen LogP contribution in [0, 0.1) is 0 Å². The molecule has 168 valence electrons. The number of nitrogens with one attached hydrogen (secondary N) is 1. The molecular formula is C27H43NO2. The first-order valence-electron chi connectivity index (χ1n) is 12.2. The monoisotopic (exact) mass is 413 g/mol. The lowest BCUT2D eigenvalue weighted by Crippen LogP contribution is -2.16. The van der Waals surface area contributed by atoms with Crippen molar-refractivity contribution in [2.75, 3.05) is 0 Å². The Morgan fingerprint density at radius 2 is 1.13 bits per heavy atom. The molecule has 0 aliphatic rings. The van der Waals surface area contributed by atoms with Crippen molar-refractivity contribution >= 4 is 11.7 Å². The average molecular weight is 414 g/mol. The van der Waals surface area contributed by atoms with E-state index in [9.17, 15) is 9.59 Å². The summed E-state index contributed by atoms with van der Waals surface area (Å²) in [6.07, 6.45) is 24.0. The van der Waals surface area contributed by atoms with Crippen LogP contribution >= 0.6 is 0 Å². The fourth-order valence-electron chi connectivity index (χ4n) is 3.61. The van der Waals surface area contributed by atoms with E-state index in [-0.39, 0.29) is 11.7 Å². The first kappa shape index (κ1) is 26.1. The average Bonchev–Trinajstić information content (AvgIpc) is 2.75. The molecule has 0 saturated carbocycles. The number of Topliss-reactive ketones (excluding diaryl/α,β-unsaturated/α-hetero) is 1. The third-order valence-electron chi connectivity index (χ3n) is 5.61. The highest BCUT2D eigenvalue weighted by molar-refractivity contribution is 5.98. The number of amides is 1. The Morgan fingerprint density at radius 3 is 1.60 bits per heavy atom. The van der Waals surface area contributed by atoms with Gasteiger partial charge in [0.05, 0.1) is 0 Å². The number of carbonyl (C=O) groups is 2. The zero-order valence-corrected chi connectivity index (χ0v) is 19.4. The molecular weight excluding hydrogens is 370 g/mol. The molecule has 0 aromatic heterocycles. The predicted octanol–water partition coefficient (Wildman–Crippen LogP) is 8.00. The van der Waals surface area contributed by atoms with Gasteiger partial charge in [0.2, 0.25) is 0 Å². The van der Waals surface area contributed by atoms with Crippen LogP contribution in [0.5, 0.6) is 0 Å². The SMILES string of the molecule is CCCCCCCCCCCCCCCCC=CNC(=O)c1ccc(C(C)=O)cc1. The number of hydrogen-bond acceptors (Lipinski definition) is 2. The van der Waals surface area contributed by atoms with Crippen molar-refractivity contribution in [2.24, 2.45) is 0 Å². The first-order valence-corrected chi connectivity index (χ1v) is 12.2. The Labute approximate surface area is 184 Å². The van der Waals surface area contributed by atoms with E-state index in [0.29, 0.717) is 11.1 Å². The molecule has 0 atom stereocenters. The van der Waals surface area contributed by atoms with Crippen molar-refractivity contribution in [3.05, 3.63) is 47.7 Å². The molecule has 0 radical (unpaired) electrons. The van der Waals surface area contributed by atoms with E-state index in [1.807, 2.05) is 6.08 Å². The largest absolute Gasteiger partial charge is 0.329 e. The highest BCUT2D eigenvalue weighted by Crippen LogP contribution is 2.13. The van der Waals surface area contributed by atoms with E-state index in [1.165, 1.54) is 96.8 Å². The number of benzene rings is 1. The lowest BCUT2D eigenvalue weighted by atomic mass is 10.0. The summed E-state index contributed by atoms with van der Waals surface area (Å²) in [7, 11) is 0. The van der Waals surface area contributed by atoms with Crippen molar-refractivity contribution in [3.63, 3.8) is 0 Å². The zero-order valence-electron chi connectivity index (χ0n) is 19.4. The Bertz CT molecular complexity index is 604. The van der Waals surface area contributed by atoms with E-state index < -0.39 is 0 Å². The molecule has 0 saturated heterocycles. The van der Waals surface area contributed by atoms with Crippen LogP contribution in [0.1, 0.15) is 131 Å². The third kappa shape index (κ3) is 13.3. The second-order valence-electron chi connectivity index (χ2n) is 8.39. The van der Waals surface area contributed by atoms with Crippen LogP contribution in [0.4, 0.5) is 0 Å². The summed E-state index contributed by atoms with van der Waals surface area (Å²) in [6.45, 7) is 3.80. The Kier molecular flexibility index (Phi) is 15.6. The fraction of sp³-hybridized carbons (Fsp3) is 0.630. The highest BCUT2D eigenvalue weighted by atomic mass is 16.1. The molecule has 0 aliphatic heterocycles. The predicted molar refractivity (Wildman–Crippen MR) is 128 cm³/mol. The summed E-state index contributed by atoms with van der Waals surface area (Å²) in [4.78, 5) is 23.3. The van der Waals surface area contributed by atoms with Gasteiger partial charge >= 0.3 is 0 Å². The van der Waals surface area contributed by atoms with Gasteiger partial charge in [-0.15, -0.1) is 0 Å². The van der Waals surface area contributed by atoms with Crippen LogP contribution < -0.4 is 5.32 Å². The van der Waals surface area contributed by atoms with Crippen molar-refractivity contribution in [1.82, 2.24) is 5.32 Å². The van der Waals surface area contributed by atoms with Gasteiger partial charge in [-0.1, -0.05) is 109 Å². The minimum absolute atomic E-state index is 0.00928. The van der Waals surface area contributed by atoms with Gasteiger partial charge in [0.1, 0.15) is 0 Å². The van der Waals surface area contributed by atoms with Crippen molar-refractivity contribution in [2.45, 2.75) is 110 Å². The van der Waals surface area contributed by atoms with Gasteiger partial charge in [-0.3, -0.25) is 9.59 Å². The molecule has 1 N–H and O–H groups in total. The molecule has 1 aromatic carbocycles. The second kappa shape index (κ2) is 17.9. The fourth-order valence-corrected chi connectivity index (χ4v) is 3.61. The summed E-state index contributed by atoms with van der Waals surface area (Å²) >= 11 is 0. The third-order valence-corrected chi connectivity index (χ3v) is 5.61. The number of ketones is 1. The van der Waals surface area contributed by atoms with Gasteiger partial charge in [0.15, 0.2) is 5.78 Å². The van der Waals surface area contributed by atoms with Crippen LogP contribution in [-0.4, -0.2) is 11.7 Å². The van der Waals surface area contributed by atoms with E-state index in [2.05, 4.69) is 12.2 Å². The molecule has 1 rings (SSSR count). The minimum atomic E-state index is -0.137. The van der Waals surface area contributed by atoms with Crippen LogP contribution in [0.3, 0.4) is 0 Å². The summed E-state index contributed by atoms with van der Waals surface area (Å²) in [5, 5.41) is 2.79. The van der Waals surface area contributed by atoms with Gasteiger partial charge in [-0.2, -0.15) is 0 Å². The van der Waals surface area contributed by atoms with Crippen molar-refractivity contribution in [1.29, 1.82) is 0 Å². The molecule has 30 heavy (non-hydrogen) atoms. The topological polar surface area (TPSA) is 46.2 Å². The maximum atomic E-state index is 12.0. The van der Waals surface area contributed by atoms with Crippen LogP contribution in [0.25, 0.3) is 0 Å². The van der Waals surface area contributed by atoms with E-state index in [4.69, 9.17) is 0 Å². The lowest BCUT2D eigenvalue weighted by molar-refractivity contribution is 0.0967. The smallest absolute Gasteiger partial charge is 0.255 e. The number of allylic oxidation sites excluding steroid dienone is 1. The first-order chi connectivity index (χ1) is 14.6. The normalized spacial score (nSPS) is 11.1. The minimum Gasteiger partial charge on any atom is -0.329 e. The van der Waals surface area contributed by atoms with Crippen LogP contribution in [-0.2, 0) is 0 Å². The molecule has 0 aliphatic carbocycles. The maximum Gasteiger partial charge on any atom is 0.255 e. The second-order valence-corrected chi connectivity index (χ2v) is 8.39. The van der Waals surface area contributed by atoms with Crippen LogP contribution in [0.2, 0.25) is 0 Å². The molecule has 0 spiro atoms.